The molecule has 3 heteroatoms. The Hall–Kier alpha value is 0.140. The normalized spacial score (nSPS) is 16.2. The van der Waals surface area contributed by atoms with Crippen molar-refractivity contribution in [1.29, 1.82) is 0 Å². The summed E-state index contributed by atoms with van der Waals surface area (Å²) in [6, 6.07) is 0. The quantitative estimate of drug-likeness (QED) is 0.880. The summed E-state index contributed by atoms with van der Waals surface area (Å²) in [6.07, 6.45) is 0.794. The van der Waals surface area contributed by atoms with Crippen LogP contribution < -0.4 is 0 Å². The lowest BCUT2D eigenvalue weighted by atomic mass is 9.89. The second-order valence-corrected chi connectivity index (χ2v) is 5.60. The topological polar surface area (TPSA) is 20.2 Å². The molecule has 0 radical (unpaired) electrons. The molecule has 1 unspecified atom stereocenters. The molecule has 1 heterocycles. The second-order valence-electron chi connectivity index (χ2n) is 4.01. The summed E-state index contributed by atoms with van der Waals surface area (Å²) < 4.78 is 1.02. The smallest absolute Gasteiger partial charge is 0.0889 e. The van der Waals surface area contributed by atoms with Gasteiger partial charge in [-0.1, -0.05) is 13.8 Å². The summed E-state index contributed by atoms with van der Waals surface area (Å²) in [5.41, 5.74) is 0.304. The summed E-state index contributed by atoms with van der Waals surface area (Å²) in [7, 11) is 0. The van der Waals surface area contributed by atoms with Gasteiger partial charge in [-0.2, -0.15) is 11.3 Å². The van der Waals surface area contributed by atoms with E-state index >= 15 is 0 Å². The van der Waals surface area contributed by atoms with E-state index in [0.29, 0.717) is 5.92 Å². The van der Waals surface area contributed by atoms with E-state index in [2.05, 4.69) is 29.8 Å². The molecule has 0 bridgehead atoms. The summed E-state index contributed by atoms with van der Waals surface area (Å²) in [5, 5.41) is 14.2. The lowest BCUT2D eigenvalue weighted by molar-refractivity contribution is 0.0346. The molecule has 0 fully saturated rings. The van der Waals surface area contributed by atoms with Gasteiger partial charge in [0.2, 0.25) is 0 Å². The van der Waals surface area contributed by atoms with Crippen LogP contribution in [0.25, 0.3) is 0 Å². The minimum Gasteiger partial charge on any atom is -0.385 e. The van der Waals surface area contributed by atoms with Crippen LogP contribution in [0.3, 0.4) is 0 Å². The average molecular weight is 263 g/mol. The fraction of sp³-hybridized carbons (Fsp3) is 0.600. The molecule has 0 aliphatic carbocycles. The van der Waals surface area contributed by atoms with Crippen molar-refractivity contribution < 1.29 is 5.11 Å². The number of thiophene rings is 1. The zero-order valence-corrected chi connectivity index (χ0v) is 10.6. The Morgan fingerprint density at radius 1 is 1.54 bits per heavy atom. The Morgan fingerprint density at radius 2 is 2.15 bits per heavy atom. The standard InChI is InChI=1S/C10H15BrOS/c1-7(2)4-10(3,12)8-5-13-6-9(8)11/h5-7,12H,4H2,1-3H3. The Bertz CT molecular complexity index is 278. The number of halogens is 1. The van der Waals surface area contributed by atoms with Gasteiger partial charge < -0.3 is 5.11 Å². The maximum Gasteiger partial charge on any atom is 0.0889 e. The third-order valence-corrected chi connectivity index (χ3v) is 3.70. The molecule has 1 aromatic rings. The minimum atomic E-state index is -0.701. The van der Waals surface area contributed by atoms with Gasteiger partial charge in [0.15, 0.2) is 0 Å². The van der Waals surface area contributed by atoms with Gasteiger partial charge >= 0.3 is 0 Å². The van der Waals surface area contributed by atoms with E-state index in [0.717, 1.165) is 16.5 Å². The van der Waals surface area contributed by atoms with Crippen molar-refractivity contribution in [2.75, 3.05) is 0 Å². The molecule has 0 amide bonds. The zero-order valence-electron chi connectivity index (χ0n) is 8.17. The Balaban J connectivity index is 2.87. The molecule has 1 N–H and O–H groups in total. The highest BCUT2D eigenvalue weighted by Gasteiger charge is 2.26. The van der Waals surface area contributed by atoms with E-state index in [1.807, 2.05) is 17.7 Å². The molecular weight excluding hydrogens is 248 g/mol. The minimum absolute atomic E-state index is 0.502. The van der Waals surface area contributed by atoms with E-state index in [4.69, 9.17) is 0 Å². The average Bonchev–Trinajstić information content (AvgIpc) is 2.32. The van der Waals surface area contributed by atoms with Crippen LogP contribution in [0.2, 0.25) is 0 Å². The molecule has 74 valence electrons. The van der Waals surface area contributed by atoms with Crippen molar-refractivity contribution in [2.24, 2.45) is 5.92 Å². The van der Waals surface area contributed by atoms with Crippen molar-refractivity contribution in [1.82, 2.24) is 0 Å². The SMILES string of the molecule is CC(C)CC(C)(O)c1cscc1Br. The lowest BCUT2D eigenvalue weighted by Crippen LogP contribution is -2.23. The molecular formula is C10H15BrOS. The molecule has 1 atom stereocenters. The van der Waals surface area contributed by atoms with Crippen molar-refractivity contribution >= 4 is 27.3 Å². The van der Waals surface area contributed by atoms with Crippen molar-refractivity contribution in [3.05, 3.63) is 20.8 Å². The third kappa shape index (κ3) is 2.79. The maximum absolute atomic E-state index is 10.2. The number of aliphatic hydroxyl groups is 1. The summed E-state index contributed by atoms with van der Waals surface area (Å²) >= 11 is 5.06. The van der Waals surface area contributed by atoms with Crippen molar-refractivity contribution in [3.8, 4) is 0 Å². The van der Waals surface area contributed by atoms with Crippen LogP contribution >= 0.6 is 27.3 Å². The Morgan fingerprint density at radius 3 is 2.54 bits per heavy atom. The van der Waals surface area contributed by atoms with Crippen LogP contribution in [0.15, 0.2) is 15.2 Å². The van der Waals surface area contributed by atoms with Crippen molar-refractivity contribution in [2.45, 2.75) is 32.8 Å². The number of hydrogen-bond donors (Lipinski definition) is 1. The summed E-state index contributed by atoms with van der Waals surface area (Å²) in [6.45, 7) is 6.11. The molecule has 13 heavy (non-hydrogen) atoms. The molecule has 0 saturated heterocycles. The van der Waals surface area contributed by atoms with Gasteiger partial charge in [-0.15, -0.1) is 0 Å². The molecule has 1 nitrogen and oxygen atoms in total. The molecule has 0 aliphatic heterocycles. The first kappa shape index (κ1) is 11.2. The second kappa shape index (κ2) is 4.11. The van der Waals surface area contributed by atoms with Crippen LogP contribution in [0, 0.1) is 5.92 Å². The largest absolute Gasteiger partial charge is 0.385 e. The highest BCUT2D eigenvalue weighted by atomic mass is 79.9. The predicted octanol–water partition coefficient (Wildman–Crippen LogP) is 3.76. The van der Waals surface area contributed by atoms with Crippen molar-refractivity contribution in [3.63, 3.8) is 0 Å². The van der Waals surface area contributed by atoms with Gasteiger partial charge in [-0.3, -0.25) is 0 Å². The van der Waals surface area contributed by atoms with E-state index in [-0.39, 0.29) is 0 Å². The van der Waals surface area contributed by atoms with E-state index in [9.17, 15) is 5.11 Å². The van der Waals surface area contributed by atoms with Crippen LogP contribution in [0.5, 0.6) is 0 Å². The number of hydrogen-bond acceptors (Lipinski definition) is 2. The maximum atomic E-state index is 10.2. The molecule has 0 spiro atoms. The third-order valence-electron chi connectivity index (χ3n) is 2.00. The van der Waals surface area contributed by atoms with E-state index < -0.39 is 5.60 Å². The highest BCUT2D eigenvalue weighted by Crippen LogP contribution is 2.35. The summed E-state index contributed by atoms with van der Waals surface area (Å²) in [5.74, 6) is 0.502. The van der Waals surface area contributed by atoms with Gasteiger partial charge in [0, 0.05) is 15.4 Å². The molecule has 1 rings (SSSR count). The van der Waals surface area contributed by atoms with E-state index in [1.54, 1.807) is 11.3 Å². The van der Waals surface area contributed by atoms with Crippen LogP contribution in [0.4, 0.5) is 0 Å². The Labute approximate surface area is 91.9 Å². The van der Waals surface area contributed by atoms with Crippen LogP contribution in [-0.2, 0) is 5.60 Å². The first-order valence-electron chi connectivity index (χ1n) is 4.38. The monoisotopic (exact) mass is 262 g/mol. The zero-order chi connectivity index (χ0) is 10.1. The summed E-state index contributed by atoms with van der Waals surface area (Å²) in [4.78, 5) is 0. The van der Waals surface area contributed by atoms with E-state index in [1.165, 1.54) is 0 Å². The van der Waals surface area contributed by atoms with Crippen LogP contribution in [0.1, 0.15) is 32.8 Å². The highest BCUT2D eigenvalue weighted by molar-refractivity contribution is 9.10. The first-order valence-corrected chi connectivity index (χ1v) is 6.11. The molecule has 0 aromatic carbocycles. The van der Waals surface area contributed by atoms with Gasteiger partial charge in [0.25, 0.3) is 0 Å². The molecule has 1 aromatic heterocycles. The lowest BCUT2D eigenvalue weighted by Gasteiger charge is -2.25. The van der Waals surface area contributed by atoms with Gasteiger partial charge in [-0.25, -0.2) is 0 Å². The fourth-order valence-electron chi connectivity index (χ4n) is 1.57. The molecule has 0 aliphatic rings. The predicted molar refractivity (Wildman–Crippen MR) is 61.0 cm³/mol. The number of rotatable bonds is 3. The molecule has 0 saturated carbocycles. The Kier molecular flexibility index (Phi) is 3.55. The van der Waals surface area contributed by atoms with Gasteiger partial charge in [-0.05, 0) is 40.6 Å². The van der Waals surface area contributed by atoms with Crippen LogP contribution in [-0.4, -0.2) is 5.11 Å². The fourth-order valence-corrected chi connectivity index (χ4v) is 3.42. The van der Waals surface area contributed by atoms with Gasteiger partial charge in [0.1, 0.15) is 0 Å². The first-order chi connectivity index (χ1) is 5.93. The van der Waals surface area contributed by atoms with Gasteiger partial charge in [0.05, 0.1) is 5.60 Å².